The van der Waals surface area contributed by atoms with Gasteiger partial charge in [-0.25, -0.2) is 0 Å². The second-order valence-electron chi connectivity index (χ2n) is 7.33. The van der Waals surface area contributed by atoms with Crippen LogP contribution in [0.15, 0.2) is 48.5 Å². The number of hydrogen-bond donors (Lipinski definition) is 2. The van der Waals surface area contributed by atoms with E-state index in [1.54, 1.807) is 17.0 Å². The van der Waals surface area contributed by atoms with E-state index in [9.17, 15) is 4.79 Å². The average molecular weight is 353 g/mol. The Labute approximate surface area is 156 Å². The van der Waals surface area contributed by atoms with E-state index in [-0.39, 0.29) is 12.0 Å². The zero-order valence-electron chi connectivity index (χ0n) is 15.8. The maximum Gasteiger partial charge on any atom is 0.255 e. The third kappa shape index (κ3) is 5.33. The highest BCUT2D eigenvalue weighted by atomic mass is 16.5. The second-order valence-corrected chi connectivity index (χ2v) is 7.33. The number of carbonyl (C=O) groups is 1. The van der Waals surface area contributed by atoms with Crippen LogP contribution >= 0.6 is 0 Å². The van der Waals surface area contributed by atoms with E-state index in [1.807, 2.05) is 38.1 Å². The van der Waals surface area contributed by atoms with E-state index in [4.69, 9.17) is 4.74 Å². The summed E-state index contributed by atoms with van der Waals surface area (Å²) in [6.07, 6.45) is 4.17. The average Bonchev–Trinajstić information content (AvgIpc) is 2.64. The molecule has 1 fully saturated rings. The maximum absolute atomic E-state index is 12.4. The van der Waals surface area contributed by atoms with Crippen LogP contribution in [0.25, 0.3) is 0 Å². The summed E-state index contributed by atoms with van der Waals surface area (Å²) >= 11 is 0. The van der Waals surface area contributed by atoms with Gasteiger partial charge in [0.2, 0.25) is 0 Å². The minimum atomic E-state index is -0.101. The first-order valence-corrected chi connectivity index (χ1v) is 9.61. The first-order chi connectivity index (χ1) is 12.6. The Morgan fingerprint density at radius 3 is 2.27 bits per heavy atom. The standard InChI is InChI=1S/C22H28N2O2/c1-17(2)26-21-12-8-19(9-13-21)22(25)23-20-10-6-18(7-11-20)16-24-14-4-3-5-15-24/h6-13,17H,3-5,14-16H2,1-2H3,(H,23,25)/p+1. The molecule has 0 aliphatic carbocycles. The summed E-state index contributed by atoms with van der Waals surface area (Å²) in [6.45, 7) is 7.59. The largest absolute Gasteiger partial charge is 0.491 e. The monoisotopic (exact) mass is 353 g/mol. The Morgan fingerprint density at radius 1 is 1.00 bits per heavy atom. The van der Waals surface area contributed by atoms with Gasteiger partial charge in [0.15, 0.2) is 0 Å². The third-order valence-corrected chi connectivity index (χ3v) is 4.71. The molecule has 138 valence electrons. The van der Waals surface area contributed by atoms with Crippen molar-refractivity contribution in [3.05, 3.63) is 59.7 Å². The van der Waals surface area contributed by atoms with Crippen LogP contribution < -0.4 is 15.0 Å². The van der Waals surface area contributed by atoms with Crippen molar-refractivity contribution in [2.75, 3.05) is 18.4 Å². The molecule has 1 saturated heterocycles. The number of likely N-dealkylation sites (tertiary alicyclic amines) is 1. The van der Waals surface area contributed by atoms with Crippen molar-refractivity contribution in [2.45, 2.75) is 45.8 Å². The molecule has 0 aromatic heterocycles. The Kier molecular flexibility index (Phi) is 6.29. The number of amides is 1. The molecule has 2 aromatic carbocycles. The van der Waals surface area contributed by atoms with E-state index in [0.717, 1.165) is 18.0 Å². The molecule has 1 aliphatic heterocycles. The Balaban J connectivity index is 1.55. The fourth-order valence-electron chi connectivity index (χ4n) is 3.38. The molecule has 0 bridgehead atoms. The van der Waals surface area contributed by atoms with Crippen LogP contribution in [0, 0.1) is 0 Å². The van der Waals surface area contributed by atoms with Gasteiger partial charge in [-0.15, -0.1) is 0 Å². The molecule has 0 unspecified atom stereocenters. The SMILES string of the molecule is CC(C)Oc1ccc(C(=O)Nc2ccc(C[NH+]3CCCCC3)cc2)cc1. The number of hydrogen-bond acceptors (Lipinski definition) is 2. The van der Waals surface area contributed by atoms with Crippen LogP contribution in [0.5, 0.6) is 5.75 Å². The summed E-state index contributed by atoms with van der Waals surface area (Å²) < 4.78 is 5.61. The van der Waals surface area contributed by atoms with Gasteiger partial charge < -0.3 is 15.0 Å². The highest BCUT2D eigenvalue weighted by Crippen LogP contribution is 2.16. The Hall–Kier alpha value is -2.33. The number of rotatable bonds is 6. The van der Waals surface area contributed by atoms with Crippen LogP contribution in [-0.4, -0.2) is 25.1 Å². The van der Waals surface area contributed by atoms with Gasteiger partial charge in [-0.05, 0) is 69.5 Å². The van der Waals surface area contributed by atoms with E-state index >= 15 is 0 Å². The number of anilines is 1. The molecule has 1 heterocycles. The molecular formula is C22H29N2O2+. The number of nitrogens with one attached hydrogen (secondary N) is 2. The summed E-state index contributed by atoms with van der Waals surface area (Å²) in [5, 5.41) is 2.96. The smallest absolute Gasteiger partial charge is 0.255 e. The number of ether oxygens (including phenoxy) is 1. The zero-order chi connectivity index (χ0) is 18.4. The molecular weight excluding hydrogens is 324 g/mol. The lowest BCUT2D eigenvalue weighted by Gasteiger charge is -2.23. The van der Waals surface area contributed by atoms with Crippen molar-refractivity contribution in [3.8, 4) is 5.75 Å². The molecule has 0 saturated carbocycles. The molecule has 1 aliphatic rings. The molecule has 0 spiro atoms. The van der Waals surface area contributed by atoms with Crippen LogP contribution in [0.4, 0.5) is 5.69 Å². The quantitative estimate of drug-likeness (QED) is 0.837. The Bertz CT molecular complexity index is 702. The molecule has 4 heteroatoms. The molecule has 26 heavy (non-hydrogen) atoms. The lowest BCUT2D eigenvalue weighted by molar-refractivity contribution is -0.918. The van der Waals surface area contributed by atoms with Crippen molar-refractivity contribution < 1.29 is 14.4 Å². The van der Waals surface area contributed by atoms with Crippen LogP contribution in [-0.2, 0) is 6.54 Å². The summed E-state index contributed by atoms with van der Waals surface area (Å²) in [4.78, 5) is 14.1. The predicted molar refractivity (Wildman–Crippen MR) is 105 cm³/mol. The van der Waals surface area contributed by atoms with E-state index in [2.05, 4.69) is 17.4 Å². The third-order valence-electron chi connectivity index (χ3n) is 4.71. The fourth-order valence-corrected chi connectivity index (χ4v) is 3.38. The maximum atomic E-state index is 12.4. The predicted octanol–water partition coefficient (Wildman–Crippen LogP) is 3.29. The number of carbonyl (C=O) groups excluding carboxylic acids is 1. The number of quaternary nitrogens is 1. The fraction of sp³-hybridized carbons (Fsp3) is 0.409. The van der Waals surface area contributed by atoms with E-state index in [1.165, 1.54) is 37.9 Å². The first kappa shape index (κ1) is 18.5. The van der Waals surface area contributed by atoms with Crippen LogP contribution in [0.1, 0.15) is 49.0 Å². The topological polar surface area (TPSA) is 42.8 Å². The summed E-state index contributed by atoms with van der Waals surface area (Å²) in [5.74, 6) is 0.677. The number of benzene rings is 2. The molecule has 1 amide bonds. The molecule has 4 nitrogen and oxygen atoms in total. The summed E-state index contributed by atoms with van der Waals surface area (Å²) in [5.41, 5.74) is 2.79. The highest BCUT2D eigenvalue weighted by molar-refractivity contribution is 6.04. The van der Waals surface area contributed by atoms with Crippen LogP contribution in [0.3, 0.4) is 0 Å². The Morgan fingerprint density at radius 2 is 1.65 bits per heavy atom. The molecule has 3 rings (SSSR count). The lowest BCUT2D eigenvalue weighted by atomic mass is 10.1. The summed E-state index contributed by atoms with van der Waals surface area (Å²) in [6, 6.07) is 15.5. The molecule has 2 aromatic rings. The highest BCUT2D eigenvalue weighted by Gasteiger charge is 2.14. The molecule has 2 N–H and O–H groups in total. The van der Waals surface area contributed by atoms with Gasteiger partial charge in [-0.3, -0.25) is 4.79 Å². The van der Waals surface area contributed by atoms with Crippen LogP contribution in [0.2, 0.25) is 0 Å². The van der Waals surface area contributed by atoms with Crippen molar-refractivity contribution >= 4 is 11.6 Å². The minimum absolute atomic E-state index is 0.101. The lowest BCUT2D eigenvalue weighted by Crippen LogP contribution is -3.11. The normalized spacial score (nSPS) is 15.0. The van der Waals surface area contributed by atoms with Crippen molar-refractivity contribution in [1.29, 1.82) is 0 Å². The van der Waals surface area contributed by atoms with Gasteiger partial charge >= 0.3 is 0 Å². The zero-order valence-corrected chi connectivity index (χ0v) is 15.8. The number of piperidine rings is 1. The van der Waals surface area contributed by atoms with Gasteiger partial charge in [0.1, 0.15) is 12.3 Å². The molecule has 0 radical (unpaired) electrons. The summed E-state index contributed by atoms with van der Waals surface area (Å²) in [7, 11) is 0. The second kappa shape index (κ2) is 8.86. The van der Waals surface area contributed by atoms with Crippen molar-refractivity contribution in [1.82, 2.24) is 0 Å². The van der Waals surface area contributed by atoms with Crippen molar-refractivity contribution in [2.24, 2.45) is 0 Å². The minimum Gasteiger partial charge on any atom is -0.491 e. The van der Waals surface area contributed by atoms with Crippen molar-refractivity contribution in [3.63, 3.8) is 0 Å². The van der Waals surface area contributed by atoms with Gasteiger partial charge in [0.25, 0.3) is 5.91 Å². The molecule has 0 atom stereocenters. The van der Waals surface area contributed by atoms with Gasteiger partial charge in [-0.1, -0.05) is 12.1 Å². The van der Waals surface area contributed by atoms with Gasteiger partial charge in [-0.2, -0.15) is 0 Å². The van der Waals surface area contributed by atoms with E-state index in [0.29, 0.717) is 5.56 Å². The first-order valence-electron chi connectivity index (χ1n) is 9.61. The van der Waals surface area contributed by atoms with E-state index < -0.39 is 0 Å². The van der Waals surface area contributed by atoms with Gasteiger partial charge in [0.05, 0.1) is 19.2 Å². The van der Waals surface area contributed by atoms with Gasteiger partial charge in [0, 0.05) is 16.8 Å².